The average molecular weight is 280 g/mol. The number of nitrogens with one attached hydrogen (secondary N) is 1. The number of carbonyl (C=O) groups is 2. The number of pyridine rings is 1. The molecule has 0 aliphatic rings. The quantitative estimate of drug-likeness (QED) is 0.760. The highest BCUT2D eigenvalue weighted by Gasteiger charge is 2.19. The molecule has 20 heavy (non-hydrogen) atoms. The van der Waals surface area contributed by atoms with E-state index in [2.05, 4.69) is 10.3 Å². The maximum atomic E-state index is 11.9. The third-order valence-corrected chi connectivity index (χ3v) is 2.54. The molecule has 0 bridgehead atoms. The molecule has 1 rings (SSSR count). The van der Waals surface area contributed by atoms with Crippen LogP contribution in [0.2, 0.25) is 0 Å². The van der Waals surface area contributed by atoms with E-state index in [-0.39, 0.29) is 19.1 Å². The molecule has 1 N–H and O–H groups in total. The highest BCUT2D eigenvalue weighted by Crippen LogP contribution is 2.12. The molecule has 0 saturated heterocycles. The minimum atomic E-state index is -0.658. The number of hydrogen-bond acceptors (Lipinski definition) is 5. The van der Waals surface area contributed by atoms with Gasteiger partial charge in [-0.25, -0.2) is 0 Å². The lowest BCUT2D eigenvalue weighted by molar-refractivity contribution is -0.144. The summed E-state index contributed by atoms with van der Waals surface area (Å²) in [7, 11) is 0. The zero-order valence-electron chi connectivity index (χ0n) is 12.0. The van der Waals surface area contributed by atoms with Crippen LogP contribution in [0.25, 0.3) is 0 Å². The standard InChI is InChI=1S/C14H20N2O4/c1-4-12(14(18)16-9-13(17)19-5-2)20-11-7-6-10(3)15-8-11/h6-8,12H,4-5,9H2,1-3H3,(H,16,18). The van der Waals surface area contributed by atoms with Crippen molar-refractivity contribution in [1.82, 2.24) is 10.3 Å². The summed E-state index contributed by atoms with van der Waals surface area (Å²) in [5.74, 6) is -0.289. The molecular weight excluding hydrogens is 260 g/mol. The molecule has 6 heteroatoms. The molecule has 0 aliphatic heterocycles. The summed E-state index contributed by atoms with van der Waals surface area (Å²) in [6.07, 6.45) is 1.40. The summed E-state index contributed by atoms with van der Waals surface area (Å²) in [6.45, 7) is 5.54. The molecule has 0 aromatic carbocycles. The van der Waals surface area contributed by atoms with Crippen molar-refractivity contribution in [2.24, 2.45) is 0 Å². The fraction of sp³-hybridized carbons (Fsp3) is 0.500. The van der Waals surface area contributed by atoms with Crippen LogP contribution in [0.5, 0.6) is 5.75 Å². The molecule has 0 radical (unpaired) electrons. The van der Waals surface area contributed by atoms with Crippen LogP contribution in [0.1, 0.15) is 26.0 Å². The zero-order valence-corrected chi connectivity index (χ0v) is 12.0. The lowest BCUT2D eigenvalue weighted by Crippen LogP contribution is -2.40. The molecule has 1 aromatic heterocycles. The van der Waals surface area contributed by atoms with Gasteiger partial charge in [-0.15, -0.1) is 0 Å². The zero-order chi connectivity index (χ0) is 15.0. The fourth-order valence-corrected chi connectivity index (χ4v) is 1.50. The Labute approximate surface area is 118 Å². The predicted molar refractivity (Wildman–Crippen MR) is 73.3 cm³/mol. The van der Waals surface area contributed by atoms with Crippen molar-refractivity contribution in [3.63, 3.8) is 0 Å². The van der Waals surface area contributed by atoms with Gasteiger partial charge in [-0.05, 0) is 32.4 Å². The highest BCUT2D eigenvalue weighted by atomic mass is 16.5. The van der Waals surface area contributed by atoms with Gasteiger partial charge in [0.25, 0.3) is 5.91 Å². The summed E-state index contributed by atoms with van der Waals surface area (Å²) >= 11 is 0. The lowest BCUT2D eigenvalue weighted by atomic mass is 10.2. The van der Waals surface area contributed by atoms with Gasteiger partial charge >= 0.3 is 5.97 Å². The van der Waals surface area contributed by atoms with Crippen molar-refractivity contribution in [3.05, 3.63) is 24.0 Å². The second-order valence-corrected chi connectivity index (χ2v) is 4.17. The first-order valence-electron chi connectivity index (χ1n) is 6.59. The molecule has 0 spiro atoms. The van der Waals surface area contributed by atoms with E-state index in [1.54, 1.807) is 25.3 Å². The summed E-state index contributed by atoms with van der Waals surface area (Å²) in [5, 5.41) is 2.49. The van der Waals surface area contributed by atoms with E-state index in [0.29, 0.717) is 12.2 Å². The molecule has 0 saturated carbocycles. The number of aryl methyl sites for hydroxylation is 1. The van der Waals surface area contributed by atoms with Gasteiger partial charge in [-0.2, -0.15) is 0 Å². The van der Waals surface area contributed by atoms with Crippen LogP contribution in [-0.2, 0) is 14.3 Å². The van der Waals surface area contributed by atoms with Gasteiger partial charge in [0.2, 0.25) is 0 Å². The van der Waals surface area contributed by atoms with Gasteiger partial charge in [-0.1, -0.05) is 6.92 Å². The summed E-state index contributed by atoms with van der Waals surface area (Å²) in [6, 6.07) is 3.56. The van der Waals surface area contributed by atoms with Crippen LogP contribution in [0.15, 0.2) is 18.3 Å². The maximum absolute atomic E-state index is 11.9. The number of esters is 1. The van der Waals surface area contributed by atoms with E-state index >= 15 is 0 Å². The molecule has 1 aromatic rings. The number of rotatable bonds is 7. The Balaban J connectivity index is 2.50. The minimum Gasteiger partial charge on any atom is -0.479 e. The van der Waals surface area contributed by atoms with Gasteiger partial charge in [0.1, 0.15) is 12.3 Å². The Bertz CT molecular complexity index is 445. The van der Waals surface area contributed by atoms with Gasteiger partial charge < -0.3 is 14.8 Å². The summed E-state index contributed by atoms with van der Waals surface area (Å²) in [5.41, 5.74) is 0.872. The van der Waals surface area contributed by atoms with E-state index in [0.717, 1.165) is 5.69 Å². The Hall–Kier alpha value is -2.11. The van der Waals surface area contributed by atoms with Crippen molar-refractivity contribution in [2.45, 2.75) is 33.3 Å². The Morgan fingerprint density at radius 2 is 2.10 bits per heavy atom. The Kier molecular flexibility index (Phi) is 6.49. The molecule has 1 unspecified atom stereocenters. The van der Waals surface area contributed by atoms with Crippen molar-refractivity contribution in [2.75, 3.05) is 13.2 Å². The number of aromatic nitrogens is 1. The van der Waals surface area contributed by atoms with E-state index in [9.17, 15) is 9.59 Å². The number of nitrogens with zero attached hydrogens (tertiary/aromatic N) is 1. The van der Waals surface area contributed by atoms with Crippen LogP contribution in [0.3, 0.4) is 0 Å². The molecule has 6 nitrogen and oxygen atoms in total. The van der Waals surface area contributed by atoms with Crippen LogP contribution in [0, 0.1) is 6.92 Å². The third-order valence-electron chi connectivity index (χ3n) is 2.54. The number of carbonyl (C=O) groups excluding carboxylic acids is 2. The van der Waals surface area contributed by atoms with E-state index in [1.165, 1.54) is 0 Å². The van der Waals surface area contributed by atoms with Gasteiger partial charge in [0.15, 0.2) is 6.10 Å². The topological polar surface area (TPSA) is 77.5 Å². The highest BCUT2D eigenvalue weighted by molar-refractivity contribution is 5.85. The van der Waals surface area contributed by atoms with E-state index in [4.69, 9.17) is 9.47 Å². The smallest absolute Gasteiger partial charge is 0.325 e. The lowest BCUT2D eigenvalue weighted by Gasteiger charge is -2.16. The Morgan fingerprint density at radius 1 is 1.35 bits per heavy atom. The minimum absolute atomic E-state index is 0.154. The monoisotopic (exact) mass is 280 g/mol. The van der Waals surface area contributed by atoms with Crippen molar-refractivity contribution >= 4 is 11.9 Å². The molecular formula is C14H20N2O4. The molecule has 0 fully saturated rings. The van der Waals surface area contributed by atoms with Crippen LogP contribution in [-0.4, -0.2) is 36.1 Å². The van der Waals surface area contributed by atoms with Crippen molar-refractivity contribution in [3.8, 4) is 5.75 Å². The Morgan fingerprint density at radius 3 is 2.65 bits per heavy atom. The molecule has 110 valence electrons. The van der Waals surface area contributed by atoms with E-state index in [1.807, 2.05) is 13.8 Å². The fourth-order valence-electron chi connectivity index (χ4n) is 1.50. The SMILES string of the molecule is CCOC(=O)CNC(=O)C(CC)Oc1ccc(C)nc1. The third kappa shape index (κ3) is 5.26. The maximum Gasteiger partial charge on any atom is 0.325 e. The normalized spacial score (nSPS) is 11.6. The van der Waals surface area contributed by atoms with Crippen LogP contribution >= 0.6 is 0 Å². The first kappa shape index (κ1) is 15.9. The first-order chi connectivity index (χ1) is 9.56. The van der Waals surface area contributed by atoms with Crippen LogP contribution < -0.4 is 10.1 Å². The van der Waals surface area contributed by atoms with Crippen molar-refractivity contribution < 1.29 is 19.1 Å². The first-order valence-corrected chi connectivity index (χ1v) is 6.59. The van der Waals surface area contributed by atoms with Crippen LogP contribution in [0.4, 0.5) is 0 Å². The second kappa shape index (κ2) is 8.14. The largest absolute Gasteiger partial charge is 0.479 e. The molecule has 1 atom stereocenters. The average Bonchev–Trinajstić information content (AvgIpc) is 2.44. The number of ether oxygens (including phenoxy) is 2. The summed E-state index contributed by atoms with van der Waals surface area (Å²) < 4.78 is 10.3. The van der Waals surface area contributed by atoms with Gasteiger partial charge in [0.05, 0.1) is 12.8 Å². The number of amides is 1. The van der Waals surface area contributed by atoms with Gasteiger partial charge in [0, 0.05) is 5.69 Å². The molecule has 0 aliphatic carbocycles. The van der Waals surface area contributed by atoms with E-state index < -0.39 is 12.1 Å². The predicted octanol–water partition coefficient (Wildman–Crippen LogP) is 1.23. The van der Waals surface area contributed by atoms with Crippen molar-refractivity contribution in [1.29, 1.82) is 0 Å². The summed E-state index contributed by atoms with van der Waals surface area (Å²) in [4.78, 5) is 27.1. The second-order valence-electron chi connectivity index (χ2n) is 4.17. The molecule has 1 heterocycles. The molecule has 1 amide bonds. The van der Waals surface area contributed by atoms with Gasteiger partial charge in [-0.3, -0.25) is 14.6 Å². The number of hydrogen-bond donors (Lipinski definition) is 1.